The highest BCUT2D eigenvalue weighted by molar-refractivity contribution is 7.85. The molecule has 0 saturated carbocycles. The monoisotopic (exact) mass is 404 g/mol. The van der Waals surface area contributed by atoms with E-state index in [1.807, 2.05) is 0 Å². The van der Waals surface area contributed by atoms with E-state index in [9.17, 15) is 8.42 Å². The highest BCUT2D eigenvalue weighted by atomic mass is 32.2. The Bertz CT molecular complexity index is 377. The van der Waals surface area contributed by atoms with E-state index in [-0.39, 0.29) is 13.2 Å². The van der Waals surface area contributed by atoms with Gasteiger partial charge in [0.05, 0.1) is 91.6 Å². The fraction of sp³-hybridized carbons (Fsp3) is 1.00. The Kier molecular flexibility index (Phi) is 19.1. The predicted molar refractivity (Wildman–Crippen MR) is 93.2 cm³/mol. The summed E-state index contributed by atoms with van der Waals surface area (Å²) >= 11 is 0. The Labute approximate surface area is 155 Å². The topological polar surface area (TPSA) is 119 Å². The van der Waals surface area contributed by atoms with E-state index in [4.69, 9.17) is 37.7 Å². The molecule has 0 fully saturated rings. The fourth-order valence-electron chi connectivity index (χ4n) is 1.51. The minimum atomic E-state index is -3.96. The summed E-state index contributed by atoms with van der Waals surface area (Å²) in [6.07, 6.45) is 0. The number of ether oxygens (including phenoxy) is 7. The molecule has 0 unspecified atom stereocenters. The van der Waals surface area contributed by atoms with Gasteiger partial charge in [0.15, 0.2) is 0 Å². The average Bonchev–Trinajstić information content (AvgIpc) is 2.59. The van der Waals surface area contributed by atoms with Crippen molar-refractivity contribution in [2.45, 2.75) is 0 Å². The molecule has 0 amide bonds. The van der Waals surface area contributed by atoms with E-state index in [0.29, 0.717) is 72.7 Å². The summed E-state index contributed by atoms with van der Waals surface area (Å²) < 4.78 is 65.6. The molecule has 0 aliphatic heterocycles. The zero-order valence-corrected chi connectivity index (χ0v) is 16.2. The van der Waals surface area contributed by atoms with Crippen LogP contribution < -0.4 is 0 Å². The van der Waals surface area contributed by atoms with Gasteiger partial charge < -0.3 is 33.2 Å². The average molecular weight is 404 g/mol. The molecule has 0 aliphatic rings. The molecule has 0 bridgehead atoms. The first kappa shape index (κ1) is 25.6. The van der Waals surface area contributed by atoms with Crippen molar-refractivity contribution in [2.75, 3.05) is 98.8 Å². The van der Waals surface area contributed by atoms with Crippen LogP contribution in [-0.4, -0.2) is 112 Å². The van der Waals surface area contributed by atoms with E-state index >= 15 is 0 Å². The van der Waals surface area contributed by atoms with Crippen molar-refractivity contribution in [1.82, 2.24) is 0 Å². The Morgan fingerprint density at radius 1 is 0.538 bits per heavy atom. The first-order valence-electron chi connectivity index (χ1n) is 8.47. The van der Waals surface area contributed by atoms with Crippen molar-refractivity contribution in [1.29, 1.82) is 0 Å². The molecule has 1 N–H and O–H groups in total. The van der Waals surface area contributed by atoms with E-state index in [2.05, 4.69) is 0 Å². The molecular formula is C15H32O10S. The molecule has 0 spiro atoms. The molecule has 0 aromatic heterocycles. The predicted octanol–water partition coefficient (Wildman–Crippen LogP) is -0.380. The largest absolute Gasteiger partial charge is 0.382 e. The highest BCUT2D eigenvalue weighted by Gasteiger charge is 2.03. The van der Waals surface area contributed by atoms with Crippen molar-refractivity contribution in [3.05, 3.63) is 0 Å². The van der Waals surface area contributed by atoms with Crippen LogP contribution in [0.3, 0.4) is 0 Å². The van der Waals surface area contributed by atoms with Gasteiger partial charge in [-0.3, -0.25) is 4.55 Å². The molecule has 26 heavy (non-hydrogen) atoms. The zero-order valence-electron chi connectivity index (χ0n) is 15.4. The van der Waals surface area contributed by atoms with Crippen molar-refractivity contribution >= 4 is 10.1 Å². The number of methoxy groups -OCH3 is 1. The number of hydrogen-bond donors (Lipinski definition) is 1. The van der Waals surface area contributed by atoms with Crippen LogP contribution in [0.15, 0.2) is 0 Å². The quantitative estimate of drug-likeness (QED) is 0.200. The molecular weight excluding hydrogens is 372 g/mol. The number of hydrogen-bond acceptors (Lipinski definition) is 9. The Hall–Kier alpha value is -0.370. The molecule has 0 atom stereocenters. The lowest BCUT2D eigenvalue weighted by Gasteiger charge is -2.08. The van der Waals surface area contributed by atoms with Crippen LogP contribution in [0.5, 0.6) is 0 Å². The van der Waals surface area contributed by atoms with E-state index in [1.165, 1.54) is 0 Å². The summed E-state index contributed by atoms with van der Waals surface area (Å²) in [5, 5.41) is 0. The first-order valence-corrected chi connectivity index (χ1v) is 10.1. The highest BCUT2D eigenvalue weighted by Crippen LogP contribution is 1.86. The molecule has 0 radical (unpaired) electrons. The molecule has 11 heteroatoms. The van der Waals surface area contributed by atoms with Gasteiger partial charge in [0.2, 0.25) is 0 Å². The lowest BCUT2D eigenvalue weighted by molar-refractivity contribution is -0.0186. The van der Waals surface area contributed by atoms with Gasteiger partial charge in [-0.15, -0.1) is 0 Å². The second kappa shape index (κ2) is 19.4. The van der Waals surface area contributed by atoms with Crippen LogP contribution in [0.1, 0.15) is 0 Å². The Balaban J connectivity index is 3.03. The molecule has 0 saturated heterocycles. The summed E-state index contributed by atoms with van der Waals surface area (Å²) in [6, 6.07) is 0. The van der Waals surface area contributed by atoms with Crippen molar-refractivity contribution in [3.63, 3.8) is 0 Å². The zero-order chi connectivity index (χ0) is 19.3. The summed E-state index contributed by atoms with van der Waals surface area (Å²) in [7, 11) is -2.34. The third kappa shape index (κ3) is 23.6. The molecule has 10 nitrogen and oxygen atoms in total. The van der Waals surface area contributed by atoms with Gasteiger partial charge in [-0.05, 0) is 0 Å². The van der Waals surface area contributed by atoms with E-state index in [0.717, 1.165) is 0 Å². The Morgan fingerprint density at radius 2 is 0.808 bits per heavy atom. The van der Waals surface area contributed by atoms with Gasteiger partial charge in [-0.25, -0.2) is 0 Å². The van der Waals surface area contributed by atoms with E-state index in [1.54, 1.807) is 7.11 Å². The van der Waals surface area contributed by atoms with Crippen LogP contribution in [0, 0.1) is 0 Å². The summed E-state index contributed by atoms with van der Waals surface area (Å²) in [5.41, 5.74) is 0. The maximum atomic E-state index is 10.4. The van der Waals surface area contributed by atoms with Gasteiger partial charge in [-0.2, -0.15) is 8.42 Å². The second-order valence-corrected chi connectivity index (χ2v) is 6.53. The van der Waals surface area contributed by atoms with Crippen molar-refractivity contribution in [2.24, 2.45) is 0 Å². The van der Waals surface area contributed by atoms with Crippen LogP contribution in [0.4, 0.5) is 0 Å². The van der Waals surface area contributed by atoms with Gasteiger partial charge in [0.25, 0.3) is 10.1 Å². The maximum absolute atomic E-state index is 10.4. The van der Waals surface area contributed by atoms with E-state index < -0.39 is 15.9 Å². The molecule has 0 aromatic carbocycles. The molecule has 0 aliphatic carbocycles. The fourth-order valence-corrected chi connectivity index (χ4v) is 1.84. The summed E-state index contributed by atoms with van der Waals surface area (Å²) in [5.74, 6) is -0.413. The van der Waals surface area contributed by atoms with Gasteiger partial charge in [0.1, 0.15) is 0 Å². The van der Waals surface area contributed by atoms with Crippen molar-refractivity contribution < 1.29 is 46.1 Å². The summed E-state index contributed by atoms with van der Waals surface area (Å²) in [6.45, 7) is 5.55. The lowest BCUT2D eigenvalue weighted by atomic mass is 10.7. The summed E-state index contributed by atoms with van der Waals surface area (Å²) in [4.78, 5) is 0. The molecule has 0 rings (SSSR count). The van der Waals surface area contributed by atoms with Crippen LogP contribution >= 0.6 is 0 Å². The first-order chi connectivity index (χ1) is 12.6. The van der Waals surface area contributed by atoms with Crippen LogP contribution in [-0.2, 0) is 43.3 Å². The Morgan fingerprint density at radius 3 is 1.08 bits per heavy atom. The van der Waals surface area contributed by atoms with Crippen LogP contribution in [0.25, 0.3) is 0 Å². The van der Waals surface area contributed by atoms with Gasteiger partial charge >= 0.3 is 0 Å². The normalized spacial score (nSPS) is 11.9. The van der Waals surface area contributed by atoms with Crippen LogP contribution in [0.2, 0.25) is 0 Å². The van der Waals surface area contributed by atoms with Crippen molar-refractivity contribution in [3.8, 4) is 0 Å². The SMILES string of the molecule is COCCOCCOCCOCCOCCOCCOCCS(=O)(=O)O. The lowest BCUT2D eigenvalue weighted by Crippen LogP contribution is -2.15. The maximum Gasteiger partial charge on any atom is 0.267 e. The molecule has 0 aromatic rings. The van der Waals surface area contributed by atoms with Gasteiger partial charge in [0, 0.05) is 7.11 Å². The van der Waals surface area contributed by atoms with Gasteiger partial charge in [-0.1, -0.05) is 0 Å². The molecule has 0 heterocycles. The second-order valence-electron chi connectivity index (χ2n) is 4.95. The standard InChI is InChI=1S/C15H32O10S/c1-19-2-3-20-4-5-21-6-7-22-8-9-23-10-11-24-12-13-25-14-15-26(16,17)18/h2-15H2,1H3,(H,16,17,18). The third-order valence-electron chi connectivity index (χ3n) is 2.78. The third-order valence-corrected chi connectivity index (χ3v) is 3.46. The number of rotatable bonds is 21. The molecule has 158 valence electrons. The minimum Gasteiger partial charge on any atom is -0.382 e. The smallest absolute Gasteiger partial charge is 0.267 e. The minimum absolute atomic E-state index is 0.0550.